The summed E-state index contributed by atoms with van der Waals surface area (Å²) < 4.78 is 0. The molecule has 1 aromatic carbocycles. The van der Waals surface area contributed by atoms with Gasteiger partial charge in [0.15, 0.2) is 0 Å². The van der Waals surface area contributed by atoms with Crippen LogP contribution in [-0.2, 0) is 0 Å². The number of rotatable bonds is 4. The number of pyridine rings is 2. The van der Waals surface area contributed by atoms with Gasteiger partial charge < -0.3 is 15.2 Å². The topological polar surface area (TPSA) is 56.8 Å². The summed E-state index contributed by atoms with van der Waals surface area (Å²) in [5.41, 5.74) is 5.66. The fourth-order valence-corrected chi connectivity index (χ4v) is 4.57. The fourth-order valence-electron chi connectivity index (χ4n) is 3.55. The van der Waals surface area contributed by atoms with Gasteiger partial charge in [-0.3, -0.25) is 0 Å². The van der Waals surface area contributed by atoms with Crippen molar-refractivity contribution in [1.82, 2.24) is 15.0 Å². The van der Waals surface area contributed by atoms with Crippen LogP contribution in [-0.4, -0.2) is 29.0 Å². The predicted molar refractivity (Wildman–Crippen MR) is 123 cm³/mol. The van der Waals surface area contributed by atoms with E-state index in [0.29, 0.717) is 0 Å². The SMILES string of the molecule is Cc1c(Nc2ccnc3sc(-c4ccc(N(C)C)nc4)cc23)ccc2[nH]ccc12. The number of H-pyrrole nitrogens is 1. The second-order valence-corrected chi connectivity index (χ2v) is 8.32. The second-order valence-electron chi connectivity index (χ2n) is 7.29. The summed E-state index contributed by atoms with van der Waals surface area (Å²) in [6.45, 7) is 2.15. The quantitative estimate of drug-likeness (QED) is 0.392. The monoisotopic (exact) mass is 399 g/mol. The Labute approximate surface area is 173 Å². The van der Waals surface area contributed by atoms with Crippen LogP contribution in [0.3, 0.4) is 0 Å². The third kappa shape index (κ3) is 3.11. The van der Waals surface area contributed by atoms with Gasteiger partial charge in [-0.05, 0) is 55.0 Å². The summed E-state index contributed by atoms with van der Waals surface area (Å²) in [7, 11) is 3.99. The van der Waals surface area contributed by atoms with E-state index in [-0.39, 0.29) is 0 Å². The van der Waals surface area contributed by atoms with Crippen molar-refractivity contribution in [2.75, 3.05) is 24.3 Å². The number of aryl methyl sites for hydroxylation is 1. The minimum Gasteiger partial charge on any atom is -0.363 e. The van der Waals surface area contributed by atoms with Crippen LogP contribution in [0.2, 0.25) is 0 Å². The molecule has 0 unspecified atom stereocenters. The van der Waals surface area contributed by atoms with Crippen molar-refractivity contribution in [1.29, 1.82) is 0 Å². The molecule has 2 N–H and O–H groups in total. The highest BCUT2D eigenvalue weighted by molar-refractivity contribution is 7.21. The lowest BCUT2D eigenvalue weighted by Crippen LogP contribution is -2.09. The maximum absolute atomic E-state index is 4.58. The summed E-state index contributed by atoms with van der Waals surface area (Å²) in [6.07, 6.45) is 5.77. The Kier molecular flexibility index (Phi) is 4.21. The summed E-state index contributed by atoms with van der Waals surface area (Å²) >= 11 is 1.69. The molecule has 6 heteroatoms. The van der Waals surface area contributed by atoms with Gasteiger partial charge in [0.1, 0.15) is 10.6 Å². The number of hydrogen-bond donors (Lipinski definition) is 2. The average molecular weight is 400 g/mol. The molecule has 0 spiro atoms. The summed E-state index contributed by atoms with van der Waals surface area (Å²) in [4.78, 5) is 16.6. The molecule has 0 aliphatic heterocycles. The van der Waals surface area contributed by atoms with E-state index in [1.54, 1.807) is 11.3 Å². The van der Waals surface area contributed by atoms with Crippen molar-refractivity contribution < 1.29 is 0 Å². The summed E-state index contributed by atoms with van der Waals surface area (Å²) in [6, 6.07) is 14.7. The molecule has 0 aliphatic carbocycles. The molecule has 0 amide bonds. The van der Waals surface area contributed by atoms with Crippen LogP contribution in [0.25, 0.3) is 31.6 Å². The first-order valence-electron chi connectivity index (χ1n) is 9.46. The number of thiophene rings is 1. The standard InChI is InChI=1S/C23H21N5S/c1-14-16-8-10-24-19(16)6-5-18(14)27-20-9-11-25-23-17(20)12-21(29-23)15-4-7-22(26-13-15)28(2)3/h4-13,24H,1-3H3,(H,25,27). The maximum Gasteiger partial charge on any atom is 0.127 e. The summed E-state index contributed by atoms with van der Waals surface area (Å²) in [5.74, 6) is 0.950. The van der Waals surface area contributed by atoms with E-state index < -0.39 is 0 Å². The number of fused-ring (bicyclic) bond motifs is 2. The van der Waals surface area contributed by atoms with Gasteiger partial charge in [0.2, 0.25) is 0 Å². The number of nitrogens with one attached hydrogen (secondary N) is 2. The van der Waals surface area contributed by atoms with Crippen molar-refractivity contribution in [3.8, 4) is 10.4 Å². The molecule has 0 radical (unpaired) electrons. The van der Waals surface area contributed by atoms with Crippen LogP contribution in [0.5, 0.6) is 0 Å². The van der Waals surface area contributed by atoms with Crippen LogP contribution < -0.4 is 10.2 Å². The Hall–Kier alpha value is -3.38. The third-order valence-corrected chi connectivity index (χ3v) is 6.29. The number of nitrogens with zero attached hydrogens (tertiary/aromatic N) is 3. The molecular formula is C23H21N5S. The van der Waals surface area contributed by atoms with Crippen LogP contribution in [0, 0.1) is 6.92 Å². The number of hydrogen-bond acceptors (Lipinski definition) is 5. The molecule has 4 heterocycles. The molecular weight excluding hydrogens is 378 g/mol. The molecule has 0 fully saturated rings. The minimum atomic E-state index is 0.950. The zero-order valence-corrected chi connectivity index (χ0v) is 17.3. The zero-order valence-electron chi connectivity index (χ0n) is 16.5. The fraction of sp³-hybridized carbons (Fsp3) is 0.130. The van der Waals surface area contributed by atoms with E-state index in [4.69, 9.17) is 0 Å². The number of aromatic amines is 1. The highest BCUT2D eigenvalue weighted by atomic mass is 32.1. The normalized spacial score (nSPS) is 11.3. The molecule has 5 nitrogen and oxygen atoms in total. The van der Waals surface area contributed by atoms with Gasteiger partial charge in [0, 0.05) is 65.1 Å². The molecule has 0 aliphatic rings. The third-order valence-electron chi connectivity index (χ3n) is 5.20. The van der Waals surface area contributed by atoms with Crippen molar-refractivity contribution in [2.24, 2.45) is 0 Å². The number of anilines is 3. The molecule has 144 valence electrons. The Morgan fingerprint density at radius 2 is 1.86 bits per heavy atom. The number of benzene rings is 1. The Balaban J connectivity index is 1.54. The predicted octanol–water partition coefficient (Wildman–Crippen LogP) is 5.96. The van der Waals surface area contributed by atoms with Crippen LogP contribution in [0.1, 0.15) is 5.56 Å². The lowest BCUT2D eigenvalue weighted by Gasteiger charge is -2.11. The van der Waals surface area contributed by atoms with Crippen molar-refractivity contribution >= 4 is 49.6 Å². The Morgan fingerprint density at radius 1 is 0.966 bits per heavy atom. The highest BCUT2D eigenvalue weighted by Crippen LogP contribution is 2.37. The number of aromatic nitrogens is 3. The van der Waals surface area contributed by atoms with Crippen molar-refractivity contribution in [3.05, 3.63) is 66.6 Å². The first kappa shape index (κ1) is 17.7. The molecule has 4 aromatic heterocycles. The molecule has 5 rings (SSSR count). The van der Waals surface area contributed by atoms with Crippen LogP contribution >= 0.6 is 11.3 Å². The highest BCUT2D eigenvalue weighted by Gasteiger charge is 2.12. The van der Waals surface area contributed by atoms with E-state index in [0.717, 1.165) is 43.4 Å². The smallest absolute Gasteiger partial charge is 0.127 e. The van der Waals surface area contributed by atoms with Crippen LogP contribution in [0.4, 0.5) is 17.2 Å². The van der Waals surface area contributed by atoms with E-state index >= 15 is 0 Å². The van der Waals surface area contributed by atoms with Gasteiger partial charge >= 0.3 is 0 Å². The van der Waals surface area contributed by atoms with E-state index in [2.05, 4.69) is 57.5 Å². The lowest BCUT2D eigenvalue weighted by atomic mass is 10.1. The van der Waals surface area contributed by atoms with E-state index in [1.807, 2.05) is 49.7 Å². The zero-order chi connectivity index (χ0) is 20.0. The van der Waals surface area contributed by atoms with Gasteiger partial charge in [-0.1, -0.05) is 0 Å². The lowest BCUT2D eigenvalue weighted by molar-refractivity contribution is 1.07. The van der Waals surface area contributed by atoms with Gasteiger partial charge in [0.05, 0.1) is 5.69 Å². The van der Waals surface area contributed by atoms with Crippen molar-refractivity contribution in [3.63, 3.8) is 0 Å². The van der Waals surface area contributed by atoms with Crippen molar-refractivity contribution in [2.45, 2.75) is 6.92 Å². The largest absolute Gasteiger partial charge is 0.363 e. The summed E-state index contributed by atoms with van der Waals surface area (Å²) in [5, 5.41) is 5.97. The van der Waals surface area contributed by atoms with E-state index in [9.17, 15) is 0 Å². The molecule has 0 saturated heterocycles. The van der Waals surface area contributed by atoms with Gasteiger partial charge in [-0.15, -0.1) is 11.3 Å². The molecule has 29 heavy (non-hydrogen) atoms. The van der Waals surface area contributed by atoms with Gasteiger partial charge in [-0.2, -0.15) is 0 Å². The second kappa shape index (κ2) is 6.90. The van der Waals surface area contributed by atoms with Gasteiger partial charge in [0.25, 0.3) is 0 Å². The molecule has 0 atom stereocenters. The molecule has 5 aromatic rings. The Bertz CT molecular complexity index is 1310. The molecule has 0 saturated carbocycles. The maximum atomic E-state index is 4.58. The van der Waals surface area contributed by atoms with E-state index in [1.165, 1.54) is 10.9 Å². The first-order valence-corrected chi connectivity index (χ1v) is 10.3. The minimum absolute atomic E-state index is 0.950. The van der Waals surface area contributed by atoms with Crippen LogP contribution in [0.15, 0.2) is 61.1 Å². The first-order chi connectivity index (χ1) is 14.1. The average Bonchev–Trinajstić information content (AvgIpc) is 3.38. The van der Waals surface area contributed by atoms with Gasteiger partial charge in [-0.25, -0.2) is 9.97 Å². The Morgan fingerprint density at radius 3 is 2.66 bits per heavy atom. The molecule has 0 bridgehead atoms.